The Hall–Kier alpha value is -3.30. The maximum Gasteiger partial charge on any atom is 0.215 e. The molecule has 1 aromatic heterocycles. The van der Waals surface area contributed by atoms with Crippen LogP contribution in [-0.4, -0.2) is 36.1 Å². The van der Waals surface area contributed by atoms with E-state index >= 15 is 0 Å². The quantitative estimate of drug-likeness (QED) is 0.721. The molecule has 6 heteroatoms. The number of aromatic nitrogens is 1. The number of rotatable bonds is 4. The standard InChI is InChI=1S/C21H21N5O/c22-15-17-14-18(23)6-7-19(17)25-9-11-26(12-10-25)20(21-24-8-13-27-21)16-4-2-1-3-5-16/h1-8,13-14,20H,9-12,23H2. The molecule has 2 heterocycles. The molecule has 6 nitrogen and oxygen atoms in total. The van der Waals surface area contributed by atoms with Crippen LogP contribution >= 0.6 is 0 Å². The number of nitrogens with zero attached hydrogens (tertiary/aromatic N) is 4. The molecule has 2 N–H and O–H groups in total. The summed E-state index contributed by atoms with van der Waals surface area (Å²) in [5.74, 6) is 0.708. The molecule has 0 aliphatic carbocycles. The highest BCUT2D eigenvalue weighted by molar-refractivity contribution is 5.64. The van der Waals surface area contributed by atoms with Gasteiger partial charge >= 0.3 is 0 Å². The number of nitrogens with two attached hydrogens (primary N) is 1. The molecule has 1 aliphatic rings. The van der Waals surface area contributed by atoms with Crippen molar-refractivity contribution in [2.24, 2.45) is 0 Å². The van der Waals surface area contributed by atoms with Crippen LogP contribution in [0.1, 0.15) is 23.1 Å². The molecule has 2 aromatic carbocycles. The minimum Gasteiger partial charge on any atom is -0.447 e. The number of oxazole rings is 1. The Bertz CT molecular complexity index is 925. The molecule has 0 amide bonds. The lowest BCUT2D eigenvalue weighted by atomic mass is 10.0. The average Bonchev–Trinajstić information content (AvgIpc) is 3.24. The van der Waals surface area contributed by atoms with Crippen LogP contribution in [0.15, 0.2) is 65.4 Å². The first-order valence-corrected chi connectivity index (χ1v) is 8.99. The molecule has 1 atom stereocenters. The number of nitriles is 1. The van der Waals surface area contributed by atoms with Gasteiger partial charge in [-0.2, -0.15) is 5.26 Å². The number of hydrogen-bond acceptors (Lipinski definition) is 6. The summed E-state index contributed by atoms with van der Waals surface area (Å²) < 4.78 is 5.64. The van der Waals surface area contributed by atoms with E-state index in [0.29, 0.717) is 17.1 Å². The highest BCUT2D eigenvalue weighted by atomic mass is 16.3. The summed E-state index contributed by atoms with van der Waals surface area (Å²) in [7, 11) is 0. The second-order valence-electron chi connectivity index (χ2n) is 6.59. The van der Waals surface area contributed by atoms with Gasteiger partial charge < -0.3 is 15.1 Å². The van der Waals surface area contributed by atoms with E-state index in [-0.39, 0.29) is 6.04 Å². The smallest absolute Gasteiger partial charge is 0.215 e. The predicted molar refractivity (Wildman–Crippen MR) is 104 cm³/mol. The summed E-state index contributed by atoms with van der Waals surface area (Å²) in [5.41, 5.74) is 9.16. The minimum absolute atomic E-state index is 0.00907. The number of benzene rings is 2. The van der Waals surface area contributed by atoms with Gasteiger partial charge in [-0.05, 0) is 23.8 Å². The molecule has 136 valence electrons. The van der Waals surface area contributed by atoms with E-state index in [1.165, 1.54) is 5.56 Å². The highest BCUT2D eigenvalue weighted by Crippen LogP contribution is 2.30. The van der Waals surface area contributed by atoms with Crippen molar-refractivity contribution in [1.29, 1.82) is 5.26 Å². The average molecular weight is 359 g/mol. The second-order valence-corrected chi connectivity index (χ2v) is 6.59. The molecule has 1 unspecified atom stereocenters. The fourth-order valence-corrected chi connectivity index (χ4v) is 3.65. The molecule has 0 saturated carbocycles. The van der Waals surface area contributed by atoms with Crippen molar-refractivity contribution in [3.8, 4) is 6.07 Å². The van der Waals surface area contributed by atoms with Gasteiger partial charge in [-0.3, -0.25) is 4.90 Å². The lowest BCUT2D eigenvalue weighted by Crippen LogP contribution is -2.48. The van der Waals surface area contributed by atoms with Gasteiger partial charge in [0, 0.05) is 31.9 Å². The van der Waals surface area contributed by atoms with Crippen LogP contribution in [0.25, 0.3) is 0 Å². The zero-order chi connectivity index (χ0) is 18.6. The van der Waals surface area contributed by atoms with E-state index in [1.807, 2.05) is 30.3 Å². The molecule has 0 spiro atoms. The van der Waals surface area contributed by atoms with E-state index in [4.69, 9.17) is 10.2 Å². The van der Waals surface area contributed by atoms with Crippen molar-refractivity contribution in [3.63, 3.8) is 0 Å². The molecule has 0 bridgehead atoms. The first kappa shape index (κ1) is 17.1. The van der Waals surface area contributed by atoms with E-state index in [2.05, 4.69) is 33.0 Å². The number of anilines is 2. The topological polar surface area (TPSA) is 82.3 Å². The third-order valence-electron chi connectivity index (χ3n) is 4.96. The lowest BCUT2D eigenvalue weighted by molar-refractivity contribution is 0.187. The monoisotopic (exact) mass is 359 g/mol. The second kappa shape index (κ2) is 7.52. The van der Waals surface area contributed by atoms with Crippen molar-refractivity contribution in [2.75, 3.05) is 36.8 Å². The van der Waals surface area contributed by atoms with Gasteiger partial charge in [-0.15, -0.1) is 0 Å². The van der Waals surface area contributed by atoms with Crippen molar-refractivity contribution < 1.29 is 4.42 Å². The largest absolute Gasteiger partial charge is 0.447 e. The third-order valence-corrected chi connectivity index (χ3v) is 4.96. The SMILES string of the molecule is N#Cc1cc(N)ccc1N1CCN(C(c2ccccc2)c2ncco2)CC1. The van der Waals surface area contributed by atoms with Crippen LogP contribution in [0.4, 0.5) is 11.4 Å². The Labute approximate surface area is 158 Å². The van der Waals surface area contributed by atoms with Gasteiger partial charge in [-0.25, -0.2) is 4.98 Å². The van der Waals surface area contributed by atoms with Crippen molar-refractivity contribution in [2.45, 2.75) is 6.04 Å². The Morgan fingerprint density at radius 1 is 1.07 bits per heavy atom. The molecule has 27 heavy (non-hydrogen) atoms. The normalized spacial score (nSPS) is 16.0. The van der Waals surface area contributed by atoms with Crippen molar-refractivity contribution in [1.82, 2.24) is 9.88 Å². The Morgan fingerprint density at radius 2 is 1.85 bits per heavy atom. The van der Waals surface area contributed by atoms with Crippen LogP contribution in [0, 0.1) is 11.3 Å². The maximum absolute atomic E-state index is 9.42. The van der Waals surface area contributed by atoms with Crippen LogP contribution in [0.3, 0.4) is 0 Å². The van der Waals surface area contributed by atoms with E-state index < -0.39 is 0 Å². The van der Waals surface area contributed by atoms with Gasteiger partial charge in [-0.1, -0.05) is 30.3 Å². The number of piperazine rings is 1. The van der Waals surface area contributed by atoms with E-state index in [0.717, 1.165) is 31.9 Å². The molecule has 0 radical (unpaired) electrons. The Kier molecular flexibility index (Phi) is 4.77. The predicted octanol–water partition coefficient (Wildman–Crippen LogP) is 3.04. The zero-order valence-electron chi connectivity index (χ0n) is 15.0. The Balaban J connectivity index is 1.55. The molecular formula is C21H21N5O. The van der Waals surface area contributed by atoms with E-state index in [1.54, 1.807) is 18.5 Å². The first-order valence-electron chi connectivity index (χ1n) is 8.99. The molecule has 1 fully saturated rings. The van der Waals surface area contributed by atoms with Crippen molar-refractivity contribution >= 4 is 11.4 Å². The first-order chi connectivity index (χ1) is 13.3. The molecule has 1 saturated heterocycles. The molecular weight excluding hydrogens is 338 g/mol. The lowest BCUT2D eigenvalue weighted by Gasteiger charge is -2.39. The van der Waals surface area contributed by atoms with Crippen LogP contribution < -0.4 is 10.6 Å². The van der Waals surface area contributed by atoms with Gasteiger partial charge in [0.05, 0.1) is 17.4 Å². The summed E-state index contributed by atoms with van der Waals surface area (Å²) in [6, 6.07) is 18.1. The van der Waals surface area contributed by atoms with Gasteiger partial charge in [0.1, 0.15) is 18.4 Å². The van der Waals surface area contributed by atoms with Crippen LogP contribution in [0.2, 0.25) is 0 Å². The number of hydrogen-bond donors (Lipinski definition) is 1. The third kappa shape index (κ3) is 3.50. The van der Waals surface area contributed by atoms with Crippen LogP contribution in [0.5, 0.6) is 0 Å². The fraction of sp³-hybridized carbons (Fsp3) is 0.238. The summed E-state index contributed by atoms with van der Waals surface area (Å²) in [4.78, 5) is 9.02. The van der Waals surface area contributed by atoms with Gasteiger partial charge in [0.15, 0.2) is 0 Å². The summed E-state index contributed by atoms with van der Waals surface area (Å²) in [5, 5.41) is 9.42. The molecule has 4 rings (SSSR count). The summed E-state index contributed by atoms with van der Waals surface area (Å²) in [6.45, 7) is 3.33. The summed E-state index contributed by atoms with van der Waals surface area (Å²) in [6.07, 6.45) is 3.31. The van der Waals surface area contributed by atoms with Crippen molar-refractivity contribution in [3.05, 3.63) is 78.0 Å². The minimum atomic E-state index is -0.00907. The highest BCUT2D eigenvalue weighted by Gasteiger charge is 2.29. The molecule has 1 aliphatic heterocycles. The zero-order valence-corrected chi connectivity index (χ0v) is 15.0. The maximum atomic E-state index is 9.42. The van der Waals surface area contributed by atoms with E-state index in [9.17, 15) is 5.26 Å². The molecule has 3 aromatic rings. The summed E-state index contributed by atoms with van der Waals surface area (Å²) >= 11 is 0. The van der Waals surface area contributed by atoms with Gasteiger partial charge in [0.2, 0.25) is 5.89 Å². The van der Waals surface area contributed by atoms with Crippen LogP contribution in [-0.2, 0) is 0 Å². The Morgan fingerprint density at radius 3 is 2.52 bits per heavy atom. The number of nitrogen functional groups attached to an aromatic ring is 1. The van der Waals surface area contributed by atoms with Gasteiger partial charge in [0.25, 0.3) is 0 Å². The fourth-order valence-electron chi connectivity index (χ4n) is 3.65.